The number of hydrogen-bond acceptors (Lipinski definition) is 3. The van der Waals surface area contributed by atoms with Gasteiger partial charge < -0.3 is 10.5 Å². The highest BCUT2D eigenvalue weighted by atomic mass is 16.5. The maximum absolute atomic E-state index is 5.62. The molecule has 1 aromatic heterocycles. The summed E-state index contributed by atoms with van der Waals surface area (Å²) < 4.78 is 7.18. The molecule has 1 fully saturated rings. The van der Waals surface area contributed by atoms with Crippen molar-refractivity contribution in [1.29, 1.82) is 0 Å². The third-order valence-electron chi connectivity index (χ3n) is 3.02. The van der Waals surface area contributed by atoms with Gasteiger partial charge in [0.1, 0.15) is 0 Å². The number of aromatic nitrogens is 2. The molecule has 0 unspecified atom stereocenters. The minimum absolute atomic E-state index is 0.313. The van der Waals surface area contributed by atoms with Crippen LogP contribution in [0.15, 0.2) is 12.4 Å². The molecule has 14 heavy (non-hydrogen) atoms. The van der Waals surface area contributed by atoms with Gasteiger partial charge in [-0.2, -0.15) is 5.10 Å². The van der Waals surface area contributed by atoms with Gasteiger partial charge in [-0.25, -0.2) is 0 Å². The molecule has 0 atom stereocenters. The van der Waals surface area contributed by atoms with Crippen LogP contribution in [0.3, 0.4) is 0 Å². The van der Waals surface area contributed by atoms with Gasteiger partial charge in [0.05, 0.1) is 18.5 Å². The van der Waals surface area contributed by atoms with E-state index in [1.54, 1.807) is 13.3 Å². The highest BCUT2D eigenvalue weighted by molar-refractivity contribution is 5.30. The summed E-state index contributed by atoms with van der Waals surface area (Å²) in [5, 5.41) is 4.20. The van der Waals surface area contributed by atoms with E-state index in [1.165, 1.54) is 19.3 Å². The lowest BCUT2D eigenvalue weighted by atomic mass is 9.69. The third-order valence-corrected chi connectivity index (χ3v) is 3.02. The lowest BCUT2D eigenvalue weighted by molar-refractivity contribution is 0.000738. The van der Waals surface area contributed by atoms with E-state index in [2.05, 4.69) is 5.10 Å². The zero-order valence-corrected chi connectivity index (χ0v) is 8.57. The van der Waals surface area contributed by atoms with E-state index in [-0.39, 0.29) is 0 Å². The topological polar surface area (TPSA) is 53.1 Å². The van der Waals surface area contributed by atoms with Crippen molar-refractivity contribution in [3.63, 3.8) is 0 Å². The number of ether oxygens (including phenoxy) is 1. The number of rotatable bonds is 4. The summed E-state index contributed by atoms with van der Waals surface area (Å²) in [5.74, 6) is 0. The van der Waals surface area contributed by atoms with E-state index in [1.807, 2.05) is 10.9 Å². The molecule has 78 valence electrons. The molecule has 1 heterocycles. The number of nitrogens with two attached hydrogens (primary N) is 1. The number of hydrogen-bond donors (Lipinski definition) is 1. The van der Waals surface area contributed by atoms with Crippen LogP contribution in [0.5, 0.6) is 0 Å². The van der Waals surface area contributed by atoms with E-state index in [0.29, 0.717) is 5.41 Å². The van der Waals surface area contributed by atoms with Crippen molar-refractivity contribution in [2.75, 3.05) is 19.5 Å². The zero-order chi connectivity index (χ0) is 10.0. The van der Waals surface area contributed by atoms with Gasteiger partial charge in [0.25, 0.3) is 0 Å². The van der Waals surface area contributed by atoms with Crippen LogP contribution in [0, 0.1) is 5.41 Å². The molecule has 4 heteroatoms. The van der Waals surface area contributed by atoms with Gasteiger partial charge in [-0.1, -0.05) is 6.42 Å². The van der Waals surface area contributed by atoms with Crippen LogP contribution >= 0.6 is 0 Å². The Morgan fingerprint density at radius 3 is 2.86 bits per heavy atom. The molecule has 0 aromatic carbocycles. The van der Waals surface area contributed by atoms with Gasteiger partial charge in [-0.3, -0.25) is 4.68 Å². The van der Waals surface area contributed by atoms with E-state index in [0.717, 1.165) is 18.8 Å². The van der Waals surface area contributed by atoms with Gasteiger partial charge in [0.15, 0.2) is 0 Å². The fourth-order valence-corrected chi connectivity index (χ4v) is 2.14. The van der Waals surface area contributed by atoms with E-state index in [9.17, 15) is 0 Å². The molecule has 1 saturated carbocycles. The standard InChI is InChI=1S/C10H17N3O/c1-14-8-10(3-2-4-10)7-13-6-9(11)5-12-13/h5-6H,2-4,7-8,11H2,1H3. The number of nitrogens with zero attached hydrogens (tertiary/aromatic N) is 2. The van der Waals surface area contributed by atoms with Crippen LogP contribution in [-0.2, 0) is 11.3 Å². The summed E-state index contributed by atoms with van der Waals surface area (Å²) >= 11 is 0. The molecule has 0 bridgehead atoms. The summed E-state index contributed by atoms with van der Waals surface area (Å²) in [6.07, 6.45) is 7.36. The molecule has 0 radical (unpaired) electrons. The first-order valence-electron chi connectivity index (χ1n) is 5.01. The van der Waals surface area contributed by atoms with Crippen LogP contribution in [0.1, 0.15) is 19.3 Å². The smallest absolute Gasteiger partial charge is 0.0719 e. The average molecular weight is 195 g/mol. The predicted molar refractivity (Wildman–Crippen MR) is 54.8 cm³/mol. The zero-order valence-electron chi connectivity index (χ0n) is 8.57. The van der Waals surface area contributed by atoms with Crippen molar-refractivity contribution >= 4 is 5.69 Å². The fourth-order valence-electron chi connectivity index (χ4n) is 2.14. The Morgan fingerprint density at radius 1 is 1.64 bits per heavy atom. The van der Waals surface area contributed by atoms with Gasteiger partial charge in [0, 0.05) is 25.3 Å². The first kappa shape index (κ1) is 9.52. The van der Waals surface area contributed by atoms with Crippen molar-refractivity contribution in [3.05, 3.63) is 12.4 Å². The van der Waals surface area contributed by atoms with Gasteiger partial charge >= 0.3 is 0 Å². The van der Waals surface area contributed by atoms with Crippen LogP contribution < -0.4 is 5.73 Å². The van der Waals surface area contributed by atoms with Crippen molar-refractivity contribution in [2.24, 2.45) is 5.41 Å². The molecule has 0 spiro atoms. The second-order valence-electron chi connectivity index (χ2n) is 4.26. The van der Waals surface area contributed by atoms with Crippen molar-refractivity contribution in [1.82, 2.24) is 9.78 Å². The number of nitrogen functional groups attached to an aromatic ring is 1. The second kappa shape index (κ2) is 3.61. The molecule has 2 N–H and O–H groups in total. The number of methoxy groups -OCH3 is 1. The van der Waals surface area contributed by atoms with Crippen LogP contribution in [0.25, 0.3) is 0 Å². The Labute approximate surface area is 84.0 Å². The normalized spacial score (nSPS) is 19.2. The Balaban J connectivity index is 2.01. The molecule has 2 rings (SSSR count). The first-order chi connectivity index (χ1) is 6.74. The summed E-state index contributed by atoms with van der Waals surface area (Å²) in [4.78, 5) is 0. The quantitative estimate of drug-likeness (QED) is 0.787. The van der Waals surface area contributed by atoms with E-state index < -0.39 is 0 Å². The predicted octanol–water partition coefficient (Wildman–Crippen LogP) is 1.28. The lowest BCUT2D eigenvalue weighted by Crippen LogP contribution is -2.38. The van der Waals surface area contributed by atoms with Gasteiger partial charge in [0.2, 0.25) is 0 Å². The minimum atomic E-state index is 0.313. The molecular weight excluding hydrogens is 178 g/mol. The fraction of sp³-hybridized carbons (Fsp3) is 0.700. The maximum atomic E-state index is 5.62. The molecule has 0 saturated heterocycles. The SMILES string of the molecule is COCC1(Cn2cc(N)cn2)CCC1. The highest BCUT2D eigenvalue weighted by Gasteiger charge is 2.37. The monoisotopic (exact) mass is 195 g/mol. The van der Waals surface area contributed by atoms with Crippen molar-refractivity contribution < 1.29 is 4.74 Å². The largest absolute Gasteiger partial charge is 0.396 e. The Kier molecular flexibility index (Phi) is 2.46. The summed E-state index contributed by atoms with van der Waals surface area (Å²) in [6.45, 7) is 1.75. The average Bonchev–Trinajstić information content (AvgIpc) is 2.48. The van der Waals surface area contributed by atoms with Crippen LogP contribution in [0.2, 0.25) is 0 Å². The third kappa shape index (κ3) is 1.75. The molecule has 0 amide bonds. The highest BCUT2D eigenvalue weighted by Crippen LogP contribution is 2.42. The van der Waals surface area contributed by atoms with Gasteiger partial charge in [-0.05, 0) is 12.8 Å². The minimum Gasteiger partial charge on any atom is -0.396 e. The molecule has 1 aliphatic carbocycles. The Bertz CT molecular complexity index is 304. The van der Waals surface area contributed by atoms with E-state index >= 15 is 0 Å². The maximum Gasteiger partial charge on any atom is 0.0719 e. The number of anilines is 1. The first-order valence-corrected chi connectivity index (χ1v) is 5.01. The molecule has 0 aliphatic heterocycles. The molecule has 1 aliphatic rings. The van der Waals surface area contributed by atoms with Crippen LogP contribution in [0.4, 0.5) is 5.69 Å². The molecule has 1 aromatic rings. The summed E-state index contributed by atoms with van der Waals surface area (Å²) in [5.41, 5.74) is 6.66. The van der Waals surface area contributed by atoms with E-state index in [4.69, 9.17) is 10.5 Å². The Morgan fingerprint density at radius 2 is 2.43 bits per heavy atom. The van der Waals surface area contributed by atoms with Crippen LogP contribution in [-0.4, -0.2) is 23.5 Å². The Hall–Kier alpha value is -1.03. The summed E-state index contributed by atoms with van der Waals surface area (Å²) in [6, 6.07) is 0. The molecular formula is C10H17N3O. The summed E-state index contributed by atoms with van der Waals surface area (Å²) in [7, 11) is 1.76. The van der Waals surface area contributed by atoms with Crippen molar-refractivity contribution in [3.8, 4) is 0 Å². The van der Waals surface area contributed by atoms with Gasteiger partial charge in [-0.15, -0.1) is 0 Å². The van der Waals surface area contributed by atoms with Crippen molar-refractivity contribution in [2.45, 2.75) is 25.8 Å². The molecule has 4 nitrogen and oxygen atoms in total. The second-order valence-corrected chi connectivity index (χ2v) is 4.26. The lowest BCUT2D eigenvalue weighted by Gasteiger charge is -2.41.